The number of rotatable bonds is 2. The third-order valence-corrected chi connectivity index (χ3v) is 3.77. The lowest BCUT2D eigenvalue weighted by molar-refractivity contribution is -0.138. The van der Waals surface area contributed by atoms with Gasteiger partial charge in [0.15, 0.2) is 0 Å². The molecule has 0 spiro atoms. The smallest absolute Gasteiger partial charge is 0.326 e. The van der Waals surface area contributed by atoms with Crippen molar-refractivity contribution in [2.24, 2.45) is 0 Å². The number of hydrogen-bond donors (Lipinski definition) is 1. The highest BCUT2D eigenvalue weighted by Gasteiger charge is 2.40. The van der Waals surface area contributed by atoms with E-state index in [1.165, 1.54) is 12.0 Å². The first-order valence-corrected chi connectivity index (χ1v) is 5.86. The summed E-state index contributed by atoms with van der Waals surface area (Å²) in [7, 11) is 0. The molecule has 1 atom stereocenters. The van der Waals surface area contributed by atoms with E-state index in [9.17, 15) is 9.90 Å². The Kier molecular flexibility index (Phi) is 2.13. The van der Waals surface area contributed by atoms with Gasteiger partial charge < -0.3 is 10.0 Å². The first kappa shape index (κ1) is 9.70. The fraction of sp³-hybridized carbons (Fsp3) is 0.462. The summed E-state index contributed by atoms with van der Waals surface area (Å²) < 4.78 is 0. The summed E-state index contributed by atoms with van der Waals surface area (Å²) in [4.78, 5) is 13.4. The fourth-order valence-corrected chi connectivity index (χ4v) is 2.73. The summed E-state index contributed by atoms with van der Waals surface area (Å²) in [5.74, 6) is -0.692. The van der Waals surface area contributed by atoms with Crippen molar-refractivity contribution in [2.75, 3.05) is 4.90 Å². The van der Waals surface area contributed by atoms with Crippen molar-refractivity contribution in [1.82, 2.24) is 0 Å². The maximum absolute atomic E-state index is 11.3. The van der Waals surface area contributed by atoms with Crippen molar-refractivity contribution in [3.8, 4) is 0 Å². The number of carbonyl (C=O) groups is 1. The Balaban J connectivity index is 1.98. The zero-order valence-electron chi connectivity index (χ0n) is 9.10. The van der Waals surface area contributed by atoms with Crippen LogP contribution in [-0.4, -0.2) is 23.2 Å². The molecule has 16 heavy (non-hydrogen) atoms. The van der Waals surface area contributed by atoms with Crippen molar-refractivity contribution in [2.45, 2.75) is 37.8 Å². The van der Waals surface area contributed by atoms with E-state index in [0.29, 0.717) is 12.5 Å². The molecule has 1 fully saturated rings. The number of carboxylic acid groups (broad SMARTS) is 1. The molecule has 1 unspecified atom stereocenters. The van der Waals surface area contributed by atoms with E-state index >= 15 is 0 Å². The Morgan fingerprint density at radius 3 is 2.69 bits per heavy atom. The maximum Gasteiger partial charge on any atom is 0.326 e. The number of hydrogen-bond acceptors (Lipinski definition) is 2. The SMILES string of the molecule is O=C(O)C1Cc2ccccc2N1C1CCC1. The van der Waals surface area contributed by atoms with E-state index in [4.69, 9.17) is 0 Å². The molecule has 0 bridgehead atoms. The summed E-state index contributed by atoms with van der Waals surface area (Å²) >= 11 is 0. The van der Waals surface area contributed by atoms with Crippen LogP contribution in [0.3, 0.4) is 0 Å². The number of para-hydroxylation sites is 1. The molecule has 1 aromatic rings. The molecule has 1 aliphatic heterocycles. The maximum atomic E-state index is 11.3. The highest BCUT2D eigenvalue weighted by Crippen LogP contribution is 2.39. The molecular weight excluding hydrogens is 202 g/mol. The molecular formula is C13H15NO2. The molecule has 1 aromatic carbocycles. The van der Waals surface area contributed by atoms with Gasteiger partial charge in [0.25, 0.3) is 0 Å². The molecule has 0 amide bonds. The molecule has 1 heterocycles. The second-order valence-corrected chi connectivity index (χ2v) is 4.68. The van der Waals surface area contributed by atoms with Gasteiger partial charge in [-0.1, -0.05) is 18.2 Å². The van der Waals surface area contributed by atoms with Crippen LogP contribution in [-0.2, 0) is 11.2 Å². The largest absolute Gasteiger partial charge is 0.480 e. The Morgan fingerprint density at radius 2 is 2.06 bits per heavy atom. The molecule has 1 saturated carbocycles. The van der Waals surface area contributed by atoms with Gasteiger partial charge in [0.05, 0.1) is 0 Å². The second-order valence-electron chi connectivity index (χ2n) is 4.68. The topological polar surface area (TPSA) is 40.5 Å². The van der Waals surface area contributed by atoms with Gasteiger partial charge in [0.1, 0.15) is 6.04 Å². The minimum absolute atomic E-state index is 0.345. The van der Waals surface area contributed by atoms with Gasteiger partial charge in [-0.3, -0.25) is 0 Å². The Bertz CT molecular complexity index is 426. The third kappa shape index (κ3) is 1.31. The first-order chi connectivity index (χ1) is 7.77. The summed E-state index contributed by atoms with van der Waals surface area (Å²) in [6.07, 6.45) is 4.16. The van der Waals surface area contributed by atoms with E-state index < -0.39 is 5.97 Å². The Labute approximate surface area is 94.7 Å². The minimum atomic E-state index is -0.692. The van der Waals surface area contributed by atoms with Gasteiger partial charge in [-0.15, -0.1) is 0 Å². The van der Waals surface area contributed by atoms with Gasteiger partial charge in [0, 0.05) is 18.2 Å². The Hall–Kier alpha value is -1.51. The van der Waals surface area contributed by atoms with Gasteiger partial charge in [-0.25, -0.2) is 4.79 Å². The summed E-state index contributed by atoms with van der Waals surface area (Å²) in [6, 6.07) is 8.18. The van der Waals surface area contributed by atoms with Gasteiger partial charge in [-0.05, 0) is 30.9 Å². The average Bonchev–Trinajstić information content (AvgIpc) is 2.56. The molecule has 0 saturated heterocycles. The van der Waals surface area contributed by atoms with Crippen LogP contribution in [0.4, 0.5) is 5.69 Å². The summed E-state index contributed by atoms with van der Waals surface area (Å²) in [5.41, 5.74) is 2.32. The number of benzene rings is 1. The van der Waals surface area contributed by atoms with Crippen LogP contribution in [0.2, 0.25) is 0 Å². The predicted molar refractivity (Wildman–Crippen MR) is 61.7 cm³/mol. The minimum Gasteiger partial charge on any atom is -0.480 e. The van der Waals surface area contributed by atoms with Crippen LogP contribution < -0.4 is 4.90 Å². The van der Waals surface area contributed by atoms with Crippen LogP contribution in [0, 0.1) is 0 Å². The van der Waals surface area contributed by atoms with Gasteiger partial charge >= 0.3 is 5.97 Å². The van der Waals surface area contributed by atoms with E-state index in [1.807, 2.05) is 18.2 Å². The highest BCUT2D eigenvalue weighted by atomic mass is 16.4. The highest BCUT2D eigenvalue weighted by molar-refractivity contribution is 5.82. The van der Waals surface area contributed by atoms with Crippen LogP contribution in [0.1, 0.15) is 24.8 Å². The third-order valence-electron chi connectivity index (χ3n) is 3.77. The normalized spacial score (nSPS) is 24.0. The number of carboxylic acids is 1. The molecule has 84 valence electrons. The van der Waals surface area contributed by atoms with Crippen molar-refractivity contribution in [3.05, 3.63) is 29.8 Å². The number of anilines is 1. The van der Waals surface area contributed by atoms with Crippen molar-refractivity contribution in [3.63, 3.8) is 0 Å². The molecule has 3 nitrogen and oxygen atoms in total. The Morgan fingerprint density at radius 1 is 1.31 bits per heavy atom. The van der Waals surface area contributed by atoms with Crippen molar-refractivity contribution >= 4 is 11.7 Å². The first-order valence-electron chi connectivity index (χ1n) is 5.86. The van der Waals surface area contributed by atoms with Crippen LogP contribution >= 0.6 is 0 Å². The molecule has 3 rings (SSSR count). The molecule has 0 aromatic heterocycles. The quantitative estimate of drug-likeness (QED) is 0.824. The van der Waals surface area contributed by atoms with E-state index in [-0.39, 0.29) is 6.04 Å². The van der Waals surface area contributed by atoms with Crippen molar-refractivity contribution < 1.29 is 9.90 Å². The second kappa shape index (κ2) is 3.51. The lowest BCUT2D eigenvalue weighted by Gasteiger charge is -2.39. The number of fused-ring (bicyclic) bond motifs is 1. The van der Waals surface area contributed by atoms with Gasteiger partial charge in [-0.2, -0.15) is 0 Å². The number of nitrogens with zero attached hydrogens (tertiary/aromatic N) is 1. The lowest BCUT2D eigenvalue weighted by atomic mass is 9.90. The summed E-state index contributed by atoms with van der Waals surface area (Å²) in [6.45, 7) is 0. The van der Waals surface area contributed by atoms with Crippen LogP contribution in [0.5, 0.6) is 0 Å². The van der Waals surface area contributed by atoms with Crippen LogP contribution in [0.15, 0.2) is 24.3 Å². The van der Waals surface area contributed by atoms with E-state index in [1.54, 1.807) is 0 Å². The fourth-order valence-electron chi connectivity index (χ4n) is 2.73. The monoisotopic (exact) mass is 217 g/mol. The van der Waals surface area contributed by atoms with Gasteiger partial charge in [0.2, 0.25) is 0 Å². The van der Waals surface area contributed by atoms with E-state index in [2.05, 4.69) is 11.0 Å². The molecule has 2 aliphatic rings. The zero-order valence-corrected chi connectivity index (χ0v) is 9.10. The summed E-state index contributed by atoms with van der Waals surface area (Å²) in [5, 5.41) is 9.28. The van der Waals surface area contributed by atoms with E-state index in [0.717, 1.165) is 18.5 Å². The molecule has 0 radical (unpaired) electrons. The zero-order chi connectivity index (χ0) is 11.1. The van der Waals surface area contributed by atoms with Crippen LogP contribution in [0.25, 0.3) is 0 Å². The number of aliphatic carboxylic acids is 1. The molecule has 3 heteroatoms. The molecule has 1 N–H and O–H groups in total. The van der Waals surface area contributed by atoms with Crippen molar-refractivity contribution in [1.29, 1.82) is 0 Å². The average molecular weight is 217 g/mol. The molecule has 1 aliphatic carbocycles. The predicted octanol–water partition coefficient (Wildman–Crippen LogP) is 2.05. The standard InChI is InChI=1S/C13H15NO2/c15-13(16)12-8-9-4-1-2-7-11(9)14(12)10-5-3-6-10/h1-2,4,7,10,12H,3,5-6,8H2,(H,15,16). The lowest BCUT2D eigenvalue weighted by Crippen LogP contribution is -2.48.